The van der Waals surface area contributed by atoms with Crippen molar-refractivity contribution in [3.63, 3.8) is 0 Å². The van der Waals surface area contributed by atoms with Gasteiger partial charge in [0, 0.05) is 38.1 Å². The lowest BCUT2D eigenvalue weighted by Gasteiger charge is -2.07. The van der Waals surface area contributed by atoms with E-state index in [1.54, 1.807) is 0 Å². The van der Waals surface area contributed by atoms with Gasteiger partial charge in [-0.15, -0.1) is 0 Å². The van der Waals surface area contributed by atoms with Crippen molar-refractivity contribution in [2.24, 2.45) is 11.8 Å². The van der Waals surface area contributed by atoms with Crippen molar-refractivity contribution < 1.29 is 19.1 Å². The topological polar surface area (TPSA) is 72.5 Å². The zero-order chi connectivity index (χ0) is 17.0. The van der Waals surface area contributed by atoms with E-state index in [1.165, 1.54) is 0 Å². The van der Waals surface area contributed by atoms with Crippen LogP contribution in [0.5, 0.6) is 0 Å². The summed E-state index contributed by atoms with van der Waals surface area (Å²) in [4.78, 5) is 34.4. The summed E-state index contributed by atoms with van der Waals surface area (Å²) >= 11 is 0. The molecular weight excluding hydrogens is 294 g/mol. The van der Waals surface area contributed by atoms with Crippen LogP contribution in [0.1, 0.15) is 67.2 Å². The number of ether oxygens (including phenoxy) is 1. The fraction of sp³-hybridized carbons (Fsp3) is 0.833. The first-order chi connectivity index (χ1) is 10.3. The minimum Gasteiger partial charge on any atom is -0.379 e. The van der Waals surface area contributed by atoms with Gasteiger partial charge >= 0.3 is 0 Å². The zero-order valence-electron chi connectivity index (χ0n) is 14.4. The Kier molecular flexibility index (Phi) is 15.0. The predicted octanol–water partition coefficient (Wildman–Crippen LogP) is 3.16. The van der Waals surface area contributed by atoms with Gasteiger partial charge in [0.1, 0.15) is 11.6 Å². The van der Waals surface area contributed by atoms with Gasteiger partial charge < -0.3 is 10.1 Å². The maximum absolute atomic E-state index is 11.5. The lowest BCUT2D eigenvalue weighted by molar-refractivity contribution is -0.127. The highest BCUT2D eigenvalue weighted by Crippen LogP contribution is 2.05. The largest absolute Gasteiger partial charge is 0.379 e. The molecule has 0 fully saturated rings. The van der Waals surface area contributed by atoms with Gasteiger partial charge in [-0.25, -0.2) is 0 Å². The molecule has 0 heterocycles. The van der Waals surface area contributed by atoms with Crippen molar-refractivity contribution in [3.8, 4) is 0 Å². The lowest BCUT2D eigenvalue weighted by atomic mass is 10.0. The van der Waals surface area contributed by atoms with Crippen LogP contribution in [-0.2, 0) is 19.1 Å². The van der Waals surface area contributed by atoms with Gasteiger partial charge in [0.25, 0.3) is 0 Å². The van der Waals surface area contributed by atoms with Gasteiger partial charge in [0.05, 0.1) is 13.2 Å². The number of amides is 1. The molecule has 1 N–H and O–H groups in total. The zero-order valence-corrected chi connectivity index (χ0v) is 14.4. The van der Waals surface area contributed by atoms with Crippen molar-refractivity contribution >= 4 is 17.5 Å². The third kappa shape index (κ3) is 15.4. The van der Waals surface area contributed by atoms with E-state index in [-0.39, 0.29) is 43.7 Å². The van der Waals surface area contributed by atoms with Crippen LogP contribution in [0.4, 0.5) is 0 Å². The van der Waals surface area contributed by atoms with Crippen LogP contribution in [0.3, 0.4) is 0 Å². The number of hydrogen-bond donors (Lipinski definition) is 1. The van der Waals surface area contributed by atoms with Crippen molar-refractivity contribution in [1.82, 2.24) is 5.32 Å². The summed E-state index contributed by atoms with van der Waals surface area (Å²) in [6, 6.07) is 0. The molecule has 0 aromatic carbocycles. The number of hydrogen-bond acceptors (Lipinski definition) is 4. The summed E-state index contributed by atoms with van der Waals surface area (Å²) in [7, 11) is 0. The molecule has 136 valence electrons. The molecule has 5 heteroatoms. The molecule has 23 heavy (non-hydrogen) atoms. The number of ketones is 2. The molecule has 1 amide bonds. The predicted molar refractivity (Wildman–Crippen MR) is 93.3 cm³/mol. The molecule has 0 saturated carbocycles. The molecule has 0 aliphatic rings. The van der Waals surface area contributed by atoms with Crippen molar-refractivity contribution in [3.05, 3.63) is 0 Å². The Bertz CT molecular complexity index is 351. The molecule has 0 rings (SSSR count). The fourth-order valence-electron chi connectivity index (χ4n) is 1.74. The summed E-state index contributed by atoms with van der Waals surface area (Å²) in [5, 5.41) is 2.70. The summed E-state index contributed by atoms with van der Waals surface area (Å²) in [6.07, 6.45) is 2.48. The Labute approximate surface area is 141 Å². The molecule has 0 aliphatic carbocycles. The van der Waals surface area contributed by atoms with Crippen molar-refractivity contribution in [2.75, 3.05) is 19.8 Å². The molecule has 0 aromatic rings. The molecule has 0 unspecified atom stereocenters. The minimum absolute atomic E-state index is 0. The number of Topliss-reactive ketones (excluding diaryl/α,β-unsaturated/α-hetero) is 2. The van der Waals surface area contributed by atoms with Crippen molar-refractivity contribution in [2.45, 2.75) is 67.2 Å². The van der Waals surface area contributed by atoms with Crippen LogP contribution in [0.2, 0.25) is 0 Å². The van der Waals surface area contributed by atoms with Gasteiger partial charge in [-0.2, -0.15) is 0 Å². The van der Waals surface area contributed by atoms with Crippen LogP contribution in [0.25, 0.3) is 0 Å². The smallest absolute Gasteiger partial charge is 0.220 e. The van der Waals surface area contributed by atoms with E-state index in [0.717, 1.165) is 6.42 Å². The maximum Gasteiger partial charge on any atom is 0.220 e. The SMILES string of the molecule is C.CC(C)CCC(=O)CCOCCNC(=O)CCC(=O)C(C)C. The summed E-state index contributed by atoms with van der Waals surface area (Å²) in [5.74, 6) is 0.717. The Morgan fingerprint density at radius 1 is 0.913 bits per heavy atom. The molecule has 5 nitrogen and oxygen atoms in total. The van der Waals surface area contributed by atoms with Crippen LogP contribution in [-0.4, -0.2) is 37.2 Å². The second kappa shape index (κ2) is 14.4. The Balaban J connectivity index is 0. The van der Waals surface area contributed by atoms with E-state index in [4.69, 9.17) is 4.74 Å². The number of nitrogens with one attached hydrogen (secondary N) is 1. The van der Waals surface area contributed by atoms with Gasteiger partial charge in [0.15, 0.2) is 0 Å². The highest BCUT2D eigenvalue weighted by Gasteiger charge is 2.09. The quantitative estimate of drug-likeness (QED) is 0.527. The Morgan fingerprint density at radius 3 is 2.13 bits per heavy atom. The van der Waals surface area contributed by atoms with Crippen LogP contribution in [0.15, 0.2) is 0 Å². The molecule has 0 aliphatic heterocycles. The lowest BCUT2D eigenvalue weighted by Crippen LogP contribution is -2.28. The second-order valence-corrected chi connectivity index (χ2v) is 6.30. The first kappa shape index (κ1) is 24.0. The van der Waals surface area contributed by atoms with Crippen molar-refractivity contribution in [1.29, 1.82) is 0 Å². The standard InChI is InChI=1S/C17H31NO4.CH4/c1-13(2)5-6-15(19)9-11-22-12-10-18-17(21)8-7-16(20)14(3)4;/h13-14H,5-12H2,1-4H3,(H,18,21);1H4. The average molecular weight is 329 g/mol. The first-order valence-corrected chi connectivity index (χ1v) is 8.21. The van der Waals surface area contributed by atoms with Gasteiger partial charge in [-0.05, 0) is 12.3 Å². The maximum atomic E-state index is 11.5. The van der Waals surface area contributed by atoms with Gasteiger partial charge in [-0.3, -0.25) is 14.4 Å². The Morgan fingerprint density at radius 2 is 1.57 bits per heavy atom. The molecule has 0 atom stereocenters. The Hall–Kier alpha value is -1.23. The highest BCUT2D eigenvalue weighted by atomic mass is 16.5. The summed E-state index contributed by atoms with van der Waals surface area (Å²) < 4.78 is 5.32. The normalized spacial score (nSPS) is 10.5. The number of carbonyl (C=O) groups is 3. The highest BCUT2D eigenvalue weighted by molar-refractivity contribution is 5.85. The summed E-state index contributed by atoms with van der Waals surface area (Å²) in [5.41, 5.74) is 0. The van der Waals surface area contributed by atoms with Crippen LogP contribution < -0.4 is 5.32 Å². The number of carbonyl (C=O) groups excluding carboxylic acids is 3. The van der Waals surface area contributed by atoms with E-state index in [2.05, 4.69) is 19.2 Å². The second-order valence-electron chi connectivity index (χ2n) is 6.30. The van der Waals surface area contributed by atoms with Crippen LogP contribution in [0, 0.1) is 11.8 Å². The molecule has 0 radical (unpaired) electrons. The van der Waals surface area contributed by atoms with E-state index in [1.807, 2.05) is 13.8 Å². The van der Waals surface area contributed by atoms with E-state index < -0.39 is 0 Å². The average Bonchev–Trinajstić information content (AvgIpc) is 2.45. The van der Waals surface area contributed by atoms with Gasteiger partial charge in [0.2, 0.25) is 5.91 Å². The summed E-state index contributed by atoms with van der Waals surface area (Å²) in [6.45, 7) is 9.06. The van der Waals surface area contributed by atoms with E-state index in [9.17, 15) is 14.4 Å². The van der Waals surface area contributed by atoms with E-state index >= 15 is 0 Å². The third-order valence-corrected chi connectivity index (χ3v) is 3.34. The molecule has 0 spiro atoms. The molecule has 0 saturated heterocycles. The minimum atomic E-state index is -0.134. The molecule has 0 aromatic heterocycles. The first-order valence-electron chi connectivity index (χ1n) is 8.21. The third-order valence-electron chi connectivity index (χ3n) is 3.34. The monoisotopic (exact) mass is 329 g/mol. The number of rotatable bonds is 13. The van der Waals surface area contributed by atoms with Crippen LogP contribution >= 0.6 is 0 Å². The van der Waals surface area contributed by atoms with Gasteiger partial charge in [-0.1, -0.05) is 35.1 Å². The van der Waals surface area contributed by atoms with E-state index in [0.29, 0.717) is 38.5 Å². The molecule has 0 bridgehead atoms. The molecular formula is C18H35NO4. The fourth-order valence-corrected chi connectivity index (χ4v) is 1.74.